The molecule has 1 saturated heterocycles. The van der Waals surface area contributed by atoms with Gasteiger partial charge < -0.3 is 4.90 Å². The Morgan fingerprint density at radius 2 is 1.72 bits per heavy atom. The highest BCUT2D eigenvalue weighted by Crippen LogP contribution is 2.48. The van der Waals surface area contributed by atoms with Crippen molar-refractivity contribution < 1.29 is 22.0 Å². The van der Waals surface area contributed by atoms with Crippen LogP contribution in [0.3, 0.4) is 0 Å². The molecule has 0 bridgehead atoms. The summed E-state index contributed by atoms with van der Waals surface area (Å²) >= 11 is 0. The van der Waals surface area contributed by atoms with Crippen molar-refractivity contribution in [2.75, 3.05) is 25.9 Å². The maximum absolute atomic E-state index is 14.3. The van der Waals surface area contributed by atoms with Gasteiger partial charge in [0.25, 0.3) is 5.91 Å². The number of benzene rings is 2. The molecule has 8 heteroatoms. The molecule has 1 aliphatic carbocycles. The van der Waals surface area contributed by atoms with Gasteiger partial charge in [0, 0.05) is 31.6 Å². The highest BCUT2D eigenvalue weighted by molar-refractivity contribution is 7.89. The molecule has 1 fully saturated rings. The molecule has 0 saturated carbocycles. The van der Waals surface area contributed by atoms with Crippen molar-refractivity contribution in [3.63, 3.8) is 0 Å². The average molecular weight is 463 g/mol. The molecule has 1 heterocycles. The summed E-state index contributed by atoms with van der Waals surface area (Å²) in [4.78, 5) is 14.7. The fraction of sp³-hybridized carbons (Fsp3) is 0.458. The summed E-state index contributed by atoms with van der Waals surface area (Å²) in [7, 11) is -1.72. The molecule has 2 aromatic rings. The van der Waals surface area contributed by atoms with Gasteiger partial charge in [-0.1, -0.05) is 37.3 Å². The monoisotopic (exact) mass is 462 g/mol. The van der Waals surface area contributed by atoms with Gasteiger partial charge in [-0.2, -0.15) is 0 Å². The Hall–Kier alpha value is -2.32. The molecule has 4 rings (SSSR count). The van der Waals surface area contributed by atoms with Crippen molar-refractivity contribution in [2.24, 2.45) is 0 Å². The number of halogens is 2. The predicted octanol–water partition coefficient (Wildman–Crippen LogP) is 3.74. The van der Waals surface area contributed by atoms with Crippen LogP contribution in [0, 0.1) is 11.6 Å². The van der Waals surface area contributed by atoms with E-state index in [1.165, 1.54) is 15.3 Å². The Balaban J connectivity index is 1.68. The standard InChI is InChI=1S/C24H28F2N2O3S/c1-3-15-32(30,31)28-13-11-24(12-14-28)18-8-5-4-7-17(18)16-21(24)27(2)23(29)22-19(25)9-6-10-20(22)26/h4-10,21H,3,11-16H2,1-2H3. The molecule has 32 heavy (non-hydrogen) atoms. The number of sulfonamides is 1. The third-order valence-corrected chi connectivity index (χ3v) is 9.12. The number of hydrogen-bond acceptors (Lipinski definition) is 3. The third-order valence-electron chi connectivity index (χ3n) is 7.04. The highest BCUT2D eigenvalue weighted by Gasteiger charge is 2.52. The second-order valence-corrected chi connectivity index (χ2v) is 10.8. The molecule has 1 atom stereocenters. The molecule has 172 valence electrons. The van der Waals surface area contributed by atoms with Crippen molar-refractivity contribution in [3.05, 3.63) is 70.8 Å². The summed E-state index contributed by atoms with van der Waals surface area (Å²) in [6, 6.07) is 11.0. The summed E-state index contributed by atoms with van der Waals surface area (Å²) < 4.78 is 55.4. The summed E-state index contributed by atoms with van der Waals surface area (Å²) in [6.45, 7) is 2.57. The highest BCUT2D eigenvalue weighted by atomic mass is 32.2. The maximum atomic E-state index is 14.3. The minimum atomic E-state index is -3.31. The van der Waals surface area contributed by atoms with E-state index in [9.17, 15) is 22.0 Å². The summed E-state index contributed by atoms with van der Waals surface area (Å²) in [5, 5.41) is 0. The number of hydrogen-bond donors (Lipinski definition) is 0. The zero-order valence-electron chi connectivity index (χ0n) is 18.4. The van der Waals surface area contributed by atoms with Gasteiger partial charge in [-0.25, -0.2) is 21.5 Å². The second kappa shape index (κ2) is 8.56. The van der Waals surface area contributed by atoms with E-state index in [-0.39, 0.29) is 11.8 Å². The zero-order valence-corrected chi connectivity index (χ0v) is 19.2. The van der Waals surface area contributed by atoms with E-state index in [0.29, 0.717) is 38.8 Å². The molecule has 1 aliphatic heterocycles. The minimum absolute atomic E-state index is 0.116. The summed E-state index contributed by atoms with van der Waals surface area (Å²) in [5.41, 5.74) is 1.19. The first-order valence-electron chi connectivity index (χ1n) is 11.0. The summed E-state index contributed by atoms with van der Waals surface area (Å²) in [6.07, 6.45) is 2.22. The Kier molecular flexibility index (Phi) is 6.11. The van der Waals surface area contributed by atoms with Crippen LogP contribution in [0.4, 0.5) is 8.78 Å². The van der Waals surface area contributed by atoms with Crippen LogP contribution in [0.2, 0.25) is 0 Å². The first-order chi connectivity index (χ1) is 15.2. The number of piperidine rings is 1. The molecule has 0 aromatic heterocycles. The predicted molar refractivity (Wildman–Crippen MR) is 119 cm³/mol. The van der Waals surface area contributed by atoms with E-state index in [2.05, 4.69) is 0 Å². The normalized spacial score (nSPS) is 20.3. The summed E-state index contributed by atoms with van der Waals surface area (Å²) in [5.74, 6) is -2.34. The largest absolute Gasteiger partial charge is 0.337 e. The fourth-order valence-electron chi connectivity index (χ4n) is 5.45. The average Bonchev–Trinajstić information content (AvgIpc) is 3.07. The molecule has 2 aliphatic rings. The number of carbonyl (C=O) groups excluding carboxylic acids is 1. The van der Waals surface area contributed by atoms with Crippen LogP contribution in [0.1, 0.15) is 47.7 Å². The Morgan fingerprint density at radius 1 is 1.09 bits per heavy atom. The number of amides is 1. The lowest BCUT2D eigenvalue weighted by molar-refractivity contribution is 0.0582. The van der Waals surface area contributed by atoms with Crippen LogP contribution >= 0.6 is 0 Å². The topological polar surface area (TPSA) is 57.7 Å². The van der Waals surface area contributed by atoms with Crippen molar-refractivity contribution >= 4 is 15.9 Å². The molecule has 1 amide bonds. The van der Waals surface area contributed by atoms with Crippen LogP contribution in [0.5, 0.6) is 0 Å². The van der Waals surface area contributed by atoms with Crippen LogP contribution in [-0.4, -0.2) is 55.5 Å². The lowest BCUT2D eigenvalue weighted by Gasteiger charge is -2.46. The van der Waals surface area contributed by atoms with Crippen molar-refractivity contribution in [2.45, 2.75) is 44.1 Å². The van der Waals surface area contributed by atoms with E-state index in [0.717, 1.165) is 23.3 Å². The smallest absolute Gasteiger partial charge is 0.259 e. The van der Waals surface area contributed by atoms with Crippen LogP contribution in [-0.2, 0) is 21.9 Å². The lowest BCUT2D eigenvalue weighted by Crippen LogP contribution is -2.55. The lowest BCUT2D eigenvalue weighted by atomic mass is 9.71. The molecular formula is C24H28F2N2O3S. The molecule has 1 spiro atoms. The molecule has 0 N–H and O–H groups in total. The molecule has 1 unspecified atom stereocenters. The van der Waals surface area contributed by atoms with E-state index < -0.39 is 38.5 Å². The second-order valence-electron chi connectivity index (χ2n) is 8.76. The van der Waals surface area contributed by atoms with Gasteiger partial charge in [0.2, 0.25) is 10.0 Å². The Labute approximate surface area is 188 Å². The van der Waals surface area contributed by atoms with Gasteiger partial charge in [0.15, 0.2) is 0 Å². The molecule has 5 nitrogen and oxygen atoms in total. The van der Waals surface area contributed by atoms with E-state index in [1.807, 2.05) is 31.2 Å². The molecular weight excluding hydrogens is 434 g/mol. The molecule has 2 aromatic carbocycles. The van der Waals surface area contributed by atoms with Crippen LogP contribution in [0.25, 0.3) is 0 Å². The minimum Gasteiger partial charge on any atom is -0.337 e. The Morgan fingerprint density at radius 3 is 2.34 bits per heavy atom. The van der Waals surface area contributed by atoms with E-state index >= 15 is 0 Å². The quantitative estimate of drug-likeness (QED) is 0.680. The van der Waals surface area contributed by atoms with Gasteiger partial charge in [0.05, 0.1) is 5.75 Å². The van der Waals surface area contributed by atoms with Gasteiger partial charge in [-0.15, -0.1) is 0 Å². The zero-order chi connectivity index (χ0) is 23.1. The van der Waals surface area contributed by atoms with Gasteiger partial charge in [0.1, 0.15) is 17.2 Å². The fourth-order valence-corrected chi connectivity index (χ4v) is 6.96. The van der Waals surface area contributed by atoms with Gasteiger partial charge in [-0.3, -0.25) is 4.79 Å². The number of fused-ring (bicyclic) bond motifs is 2. The van der Waals surface area contributed by atoms with Crippen LogP contribution in [0.15, 0.2) is 42.5 Å². The van der Waals surface area contributed by atoms with Gasteiger partial charge in [-0.05, 0) is 48.9 Å². The SMILES string of the molecule is CCCS(=O)(=O)N1CCC2(CC1)c1ccccc1CC2N(C)C(=O)c1c(F)cccc1F. The van der Waals surface area contributed by atoms with Crippen molar-refractivity contribution in [3.8, 4) is 0 Å². The van der Waals surface area contributed by atoms with E-state index in [1.54, 1.807) is 7.05 Å². The van der Waals surface area contributed by atoms with Crippen LogP contribution < -0.4 is 0 Å². The number of carbonyl (C=O) groups is 1. The van der Waals surface area contributed by atoms with Crippen molar-refractivity contribution in [1.82, 2.24) is 9.21 Å². The Bertz CT molecular complexity index is 1110. The number of rotatable bonds is 5. The van der Waals surface area contributed by atoms with Gasteiger partial charge >= 0.3 is 0 Å². The van der Waals surface area contributed by atoms with E-state index in [4.69, 9.17) is 0 Å². The number of nitrogens with zero attached hydrogens (tertiary/aromatic N) is 2. The van der Waals surface area contributed by atoms with Crippen molar-refractivity contribution in [1.29, 1.82) is 0 Å². The third kappa shape index (κ3) is 3.73. The number of likely N-dealkylation sites (N-methyl/N-ethyl adjacent to an activating group) is 1. The molecule has 0 radical (unpaired) electrons. The first kappa shape index (κ1) is 22.9. The first-order valence-corrected chi connectivity index (χ1v) is 12.6. The maximum Gasteiger partial charge on any atom is 0.259 e.